The molecule has 0 bridgehead atoms. The number of amides is 1. The zero-order chi connectivity index (χ0) is 19.6. The van der Waals surface area contributed by atoms with Gasteiger partial charge < -0.3 is 15.3 Å². The van der Waals surface area contributed by atoms with Crippen molar-refractivity contribution in [3.8, 4) is 11.1 Å². The molecule has 0 atom stereocenters. The first-order valence-corrected chi connectivity index (χ1v) is 8.74. The first kappa shape index (κ1) is 18.6. The van der Waals surface area contributed by atoms with Crippen LogP contribution < -0.4 is 16.6 Å². The average Bonchev–Trinajstić information content (AvgIpc) is 3.02. The van der Waals surface area contributed by atoms with Gasteiger partial charge in [0.15, 0.2) is 0 Å². The van der Waals surface area contributed by atoms with Crippen LogP contribution in [0.4, 0.5) is 4.39 Å². The van der Waals surface area contributed by atoms with Crippen molar-refractivity contribution in [2.45, 2.75) is 26.8 Å². The Kier molecular flexibility index (Phi) is 5.25. The molecule has 3 aromatic rings. The van der Waals surface area contributed by atoms with Crippen molar-refractivity contribution in [3.05, 3.63) is 57.1 Å². The Morgan fingerprint density at radius 2 is 1.93 bits per heavy atom. The highest BCUT2D eigenvalue weighted by molar-refractivity contribution is 5.92. The molecular weight excluding hydrogens is 351 g/mol. The highest BCUT2D eigenvalue weighted by Gasteiger charge is 2.17. The van der Waals surface area contributed by atoms with Gasteiger partial charge in [-0.15, -0.1) is 0 Å². The number of aromatic amines is 2. The van der Waals surface area contributed by atoms with Gasteiger partial charge in [0, 0.05) is 23.9 Å². The lowest BCUT2D eigenvalue weighted by Crippen LogP contribution is -2.40. The second-order valence-corrected chi connectivity index (χ2v) is 6.79. The molecule has 2 heterocycles. The Bertz CT molecular complexity index is 1090. The smallest absolute Gasteiger partial charge is 0.329 e. The summed E-state index contributed by atoms with van der Waals surface area (Å²) < 4.78 is 14.9. The Morgan fingerprint density at radius 1 is 1.19 bits per heavy atom. The van der Waals surface area contributed by atoms with Crippen molar-refractivity contribution >= 4 is 16.9 Å². The minimum atomic E-state index is -0.719. The maximum Gasteiger partial charge on any atom is 0.329 e. The minimum absolute atomic E-state index is 0.114. The highest BCUT2D eigenvalue weighted by Crippen LogP contribution is 2.27. The van der Waals surface area contributed by atoms with Crippen molar-refractivity contribution in [1.29, 1.82) is 0 Å². The molecule has 0 saturated heterocycles. The van der Waals surface area contributed by atoms with Gasteiger partial charge >= 0.3 is 5.69 Å². The third kappa shape index (κ3) is 3.84. The Balaban J connectivity index is 1.94. The van der Waals surface area contributed by atoms with E-state index in [1.807, 2.05) is 13.8 Å². The van der Waals surface area contributed by atoms with Crippen LogP contribution in [0.25, 0.3) is 22.2 Å². The first-order chi connectivity index (χ1) is 12.9. The molecule has 2 aromatic heterocycles. The summed E-state index contributed by atoms with van der Waals surface area (Å²) in [5.41, 5.74) is -0.373. The number of aromatic nitrogens is 3. The van der Waals surface area contributed by atoms with Crippen LogP contribution in [0.5, 0.6) is 0 Å². The van der Waals surface area contributed by atoms with Crippen molar-refractivity contribution in [2.75, 3.05) is 6.54 Å². The van der Waals surface area contributed by atoms with Crippen LogP contribution in [0.3, 0.4) is 0 Å². The molecule has 3 N–H and O–H groups in total. The van der Waals surface area contributed by atoms with Crippen LogP contribution in [0.2, 0.25) is 0 Å². The van der Waals surface area contributed by atoms with E-state index in [1.54, 1.807) is 18.2 Å². The molecule has 1 amide bonds. The zero-order valence-corrected chi connectivity index (χ0v) is 15.1. The minimum Gasteiger partial charge on any atom is -0.355 e. The van der Waals surface area contributed by atoms with Crippen molar-refractivity contribution in [3.63, 3.8) is 0 Å². The van der Waals surface area contributed by atoms with E-state index >= 15 is 0 Å². The lowest BCUT2D eigenvalue weighted by molar-refractivity contribution is -0.121. The molecule has 8 heteroatoms. The van der Waals surface area contributed by atoms with E-state index in [0.717, 1.165) is 11.0 Å². The summed E-state index contributed by atoms with van der Waals surface area (Å²) in [4.78, 5) is 42.4. The number of hydrogen-bond donors (Lipinski definition) is 3. The normalized spacial score (nSPS) is 11.3. The topological polar surface area (TPSA) is 99.8 Å². The average molecular weight is 372 g/mol. The van der Waals surface area contributed by atoms with Gasteiger partial charge in [0.05, 0.1) is 5.52 Å². The monoisotopic (exact) mass is 372 g/mol. The van der Waals surface area contributed by atoms with Crippen LogP contribution in [0, 0.1) is 11.7 Å². The van der Waals surface area contributed by atoms with E-state index in [0.29, 0.717) is 18.0 Å². The standard InChI is InChI=1S/C19H21FN4O3/c1-11(2)7-8-21-15(25)10-24-18(26)17-16(23-19(24)27)13(9-22-17)12-5-3-4-6-14(12)20/h3-6,9,11,22H,7-8,10H2,1-2H3,(H,21,25)(H,23,27). The molecular formula is C19H21FN4O3. The third-order valence-corrected chi connectivity index (χ3v) is 4.33. The van der Waals surface area contributed by atoms with Crippen molar-refractivity contribution in [2.24, 2.45) is 5.92 Å². The highest BCUT2D eigenvalue weighted by atomic mass is 19.1. The molecule has 27 heavy (non-hydrogen) atoms. The summed E-state index contributed by atoms with van der Waals surface area (Å²) in [6.45, 7) is 4.17. The summed E-state index contributed by atoms with van der Waals surface area (Å²) >= 11 is 0. The molecule has 0 unspecified atom stereocenters. The maximum atomic E-state index is 14.1. The fraction of sp³-hybridized carbons (Fsp3) is 0.316. The zero-order valence-electron chi connectivity index (χ0n) is 15.1. The number of hydrogen-bond acceptors (Lipinski definition) is 3. The van der Waals surface area contributed by atoms with Crippen LogP contribution >= 0.6 is 0 Å². The lowest BCUT2D eigenvalue weighted by Gasteiger charge is -2.08. The Morgan fingerprint density at radius 3 is 2.63 bits per heavy atom. The van der Waals surface area contributed by atoms with Crippen LogP contribution in [0.15, 0.2) is 40.1 Å². The number of fused-ring (bicyclic) bond motifs is 1. The third-order valence-electron chi connectivity index (χ3n) is 4.33. The van der Waals surface area contributed by atoms with Gasteiger partial charge in [-0.2, -0.15) is 0 Å². The molecule has 1 aromatic carbocycles. The van der Waals surface area contributed by atoms with Gasteiger partial charge in [0.2, 0.25) is 5.91 Å². The predicted octanol–water partition coefficient (Wildman–Crippen LogP) is 1.99. The number of carbonyl (C=O) groups is 1. The van der Waals surface area contributed by atoms with Crippen LogP contribution in [-0.2, 0) is 11.3 Å². The van der Waals surface area contributed by atoms with Crippen LogP contribution in [-0.4, -0.2) is 27.0 Å². The Hall–Kier alpha value is -3.16. The second-order valence-electron chi connectivity index (χ2n) is 6.79. The lowest BCUT2D eigenvalue weighted by atomic mass is 10.1. The largest absolute Gasteiger partial charge is 0.355 e. The molecule has 142 valence electrons. The summed E-state index contributed by atoms with van der Waals surface area (Å²) in [6.07, 6.45) is 2.27. The van der Waals surface area contributed by atoms with E-state index in [2.05, 4.69) is 15.3 Å². The van der Waals surface area contributed by atoms with Crippen molar-refractivity contribution < 1.29 is 9.18 Å². The van der Waals surface area contributed by atoms with Crippen LogP contribution in [0.1, 0.15) is 20.3 Å². The Labute approximate surface area is 154 Å². The molecule has 0 fully saturated rings. The van der Waals surface area contributed by atoms with E-state index in [-0.39, 0.29) is 23.1 Å². The van der Waals surface area contributed by atoms with Crippen molar-refractivity contribution in [1.82, 2.24) is 19.9 Å². The van der Waals surface area contributed by atoms with Gasteiger partial charge in [0.25, 0.3) is 5.56 Å². The SMILES string of the molecule is CC(C)CCNC(=O)Cn1c(=O)[nH]c2c(-c3ccccc3F)c[nH]c2c1=O. The molecule has 0 aliphatic rings. The summed E-state index contributed by atoms with van der Waals surface area (Å²) in [5, 5.41) is 2.69. The first-order valence-electron chi connectivity index (χ1n) is 8.74. The molecule has 7 nitrogen and oxygen atoms in total. The fourth-order valence-corrected chi connectivity index (χ4v) is 2.86. The van der Waals surface area contributed by atoms with Gasteiger partial charge in [-0.25, -0.2) is 13.8 Å². The maximum absolute atomic E-state index is 14.1. The molecule has 0 aliphatic carbocycles. The summed E-state index contributed by atoms with van der Waals surface area (Å²) in [5.74, 6) is -0.445. The second kappa shape index (κ2) is 7.61. The van der Waals surface area contributed by atoms with Gasteiger partial charge in [-0.3, -0.25) is 9.59 Å². The van der Waals surface area contributed by atoms with E-state index in [1.165, 1.54) is 12.3 Å². The van der Waals surface area contributed by atoms with Gasteiger partial charge in [0.1, 0.15) is 17.9 Å². The number of halogens is 1. The van der Waals surface area contributed by atoms with Gasteiger partial charge in [-0.1, -0.05) is 32.0 Å². The molecule has 3 rings (SSSR count). The quantitative estimate of drug-likeness (QED) is 0.617. The van der Waals surface area contributed by atoms with Gasteiger partial charge in [-0.05, 0) is 18.4 Å². The van der Waals surface area contributed by atoms with E-state index < -0.39 is 23.0 Å². The summed E-state index contributed by atoms with van der Waals surface area (Å²) in [6, 6.07) is 6.08. The number of carbonyl (C=O) groups excluding carboxylic acids is 1. The molecule has 0 aliphatic heterocycles. The number of nitrogens with one attached hydrogen (secondary N) is 3. The molecule has 0 saturated carbocycles. The van der Waals surface area contributed by atoms with E-state index in [9.17, 15) is 18.8 Å². The number of benzene rings is 1. The number of H-pyrrole nitrogens is 2. The predicted molar refractivity (Wildman–Crippen MR) is 101 cm³/mol. The number of nitrogens with zero attached hydrogens (tertiary/aromatic N) is 1. The van der Waals surface area contributed by atoms with E-state index in [4.69, 9.17) is 0 Å². The summed E-state index contributed by atoms with van der Waals surface area (Å²) in [7, 11) is 0. The fourth-order valence-electron chi connectivity index (χ4n) is 2.86. The molecule has 0 radical (unpaired) electrons. The number of rotatable bonds is 6. The molecule has 0 spiro atoms.